The summed E-state index contributed by atoms with van der Waals surface area (Å²) in [6.07, 6.45) is 10.9. The molecule has 0 atom stereocenters. The number of hydrogen-bond donors (Lipinski definition) is 0. The van der Waals surface area contributed by atoms with Crippen molar-refractivity contribution in [1.82, 2.24) is 24.6 Å². The Hall–Kier alpha value is -0.940. The zero-order valence-electron chi connectivity index (χ0n) is 15.3. The van der Waals surface area contributed by atoms with Gasteiger partial charge in [0.1, 0.15) is 11.6 Å². The number of nitrogens with zero attached hydrogens (tertiary/aromatic N) is 5. The molecule has 1 aliphatic carbocycles. The molecule has 1 aromatic heterocycles. The zero-order valence-corrected chi connectivity index (χ0v) is 15.3. The van der Waals surface area contributed by atoms with Gasteiger partial charge in [-0.15, -0.1) is 10.2 Å². The molecule has 5 nitrogen and oxygen atoms in total. The Balaban J connectivity index is 1.39. The second-order valence-corrected chi connectivity index (χ2v) is 7.95. The maximum absolute atomic E-state index is 4.64. The van der Waals surface area contributed by atoms with Gasteiger partial charge >= 0.3 is 0 Å². The standard InChI is InChI=1S/C19H33N5/c1-2-24-18(15-22-11-5-6-12-22)20-21-19(24)16-9-13-23(14-10-16)17-7-3-4-8-17/h16-17H,2-15H2,1H3. The van der Waals surface area contributed by atoms with Gasteiger partial charge in [0, 0.05) is 18.5 Å². The maximum Gasteiger partial charge on any atom is 0.147 e. The lowest BCUT2D eigenvalue weighted by atomic mass is 9.94. The SMILES string of the molecule is CCn1c(CN2CCCC2)nnc1C1CCN(C2CCCC2)CC1. The Morgan fingerprint density at radius 2 is 1.58 bits per heavy atom. The highest BCUT2D eigenvalue weighted by molar-refractivity contribution is 5.05. The fourth-order valence-corrected chi connectivity index (χ4v) is 5.05. The Labute approximate surface area is 146 Å². The minimum atomic E-state index is 0.613. The minimum absolute atomic E-state index is 0.613. The van der Waals surface area contributed by atoms with Crippen molar-refractivity contribution < 1.29 is 0 Å². The Kier molecular flexibility index (Phi) is 5.18. The molecule has 0 aromatic carbocycles. The molecule has 2 saturated heterocycles. The molecule has 0 unspecified atom stereocenters. The van der Waals surface area contributed by atoms with E-state index in [0.717, 1.165) is 19.1 Å². The van der Waals surface area contributed by atoms with Crippen molar-refractivity contribution in [1.29, 1.82) is 0 Å². The van der Waals surface area contributed by atoms with Crippen molar-refractivity contribution in [2.45, 2.75) is 83.3 Å². The summed E-state index contributed by atoms with van der Waals surface area (Å²) in [6, 6.07) is 0.876. The number of hydrogen-bond acceptors (Lipinski definition) is 4. The first kappa shape index (κ1) is 16.5. The lowest BCUT2D eigenvalue weighted by Gasteiger charge is -2.35. The second kappa shape index (κ2) is 7.52. The highest BCUT2D eigenvalue weighted by Gasteiger charge is 2.30. The molecule has 0 spiro atoms. The molecule has 3 heterocycles. The summed E-state index contributed by atoms with van der Waals surface area (Å²) >= 11 is 0. The predicted molar refractivity (Wildman–Crippen MR) is 96.0 cm³/mol. The number of likely N-dealkylation sites (tertiary alicyclic amines) is 2. The van der Waals surface area contributed by atoms with Crippen LogP contribution in [0.1, 0.15) is 75.9 Å². The van der Waals surface area contributed by atoms with Crippen LogP contribution in [0.15, 0.2) is 0 Å². The van der Waals surface area contributed by atoms with Gasteiger partial charge in [-0.1, -0.05) is 12.8 Å². The minimum Gasteiger partial charge on any atom is -0.314 e. The van der Waals surface area contributed by atoms with E-state index in [0.29, 0.717) is 5.92 Å². The van der Waals surface area contributed by atoms with Crippen LogP contribution in [0, 0.1) is 0 Å². The summed E-state index contributed by atoms with van der Waals surface area (Å²) in [6.45, 7) is 9.21. The second-order valence-electron chi connectivity index (χ2n) is 7.95. The predicted octanol–water partition coefficient (Wildman–Crippen LogP) is 3.02. The average molecular weight is 332 g/mol. The van der Waals surface area contributed by atoms with Crippen molar-refractivity contribution >= 4 is 0 Å². The first-order valence-electron chi connectivity index (χ1n) is 10.2. The van der Waals surface area contributed by atoms with Crippen LogP contribution in [-0.4, -0.2) is 56.8 Å². The molecule has 5 heteroatoms. The summed E-state index contributed by atoms with van der Waals surface area (Å²) in [5.74, 6) is 3.06. The monoisotopic (exact) mass is 331 g/mol. The van der Waals surface area contributed by atoms with E-state index in [1.165, 1.54) is 89.2 Å². The first-order chi connectivity index (χ1) is 11.8. The van der Waals surface area contributed by atoms with Crippen LogP contribution in [0.25, 0.3) is 0 Å². The zero-order chi connectivity index (χ0) is 16.4. The average Bonchev–Trinajstić information content (AvgIpc) is 3.37. The van der Waals surface area contributed by atoms with E-state index in [9.17, 15) is 0 Å². The van der Waals surface area contributed by atoms with Crippen LogP contribution in [0.3, 0.4) is 0 Å². The number of piperidine rings is 1. The third kappa shape index (κ3) is 3.38. The quantitative estimate of drug-likeness (QED) is 0.831. The van der Waals surface area contributed by atoms with E-state index in [1.807, 2.05) is 0 Å². The summed E-state index contributed by atoms with van der Waals surface area (Å²) in [7, 11) is 0. The molecule has 3 aliphatic rings. The molecular weight excluding hydrogens is 298 g/mol. The van der Waals surface area contributed by atoms with Gasteiger partial charge in [-0.3, -0.25) is 4.90 Å². The molecule has 24 heavy (non-hydrogen) atoms. The highest BCUT2D eigenvalue weighted by atomic mass is 15.3. The highest BCUT2D eigenvalue weighted by Crippen LogP contribution is 2.32. The molecule has 0 N–H and O–H groups in total. The lowest BCUT2D eigenvalue weighted by Crippen LogP contribution is -2.40. The van der Waals surface area contributed by atoms with Crippen LogP contribution < -0.4 is 0 Å². The normalized spacial score (nSPS) is 25.0. The molecule has 1 aromatic rings. The van der Waals surface area contributed by atoms with Gasteiger partial charge in [0.15, 0.2) is 0 Å². The summed E-state index contributed by atoms with van der Waals surface area (Å²) in [5.41, 5.74) is 0. The molecule has 0 bridgehead atoms. The van der Waals surface area contributed by atoms with Crippen molar-refractivity contribution in [3.8, 4) is 0 Å². The molecule has 0 amide bonds. The van der Waals surface area contributed by atoms with Crippen LogP contribution in [-0.2, 0) is 13.1 Å². The fourth-order valence-electron chi connectivity index (χ4n) is 5.05. The van der Waals surface area contributed by atoms with Gasteiger partial charge in [-0.05, 0) is 71.6 Å². The molecule has 1 saturated carbocycles. The van der Waals surface area contributed by atoms with E-state index in [1.54, 1.807) is 0 Å². The van der Waals surface area contributed by atoms with Crippen molar-refractivity contribution in [2.24, 2.45) is 0 Å². The van der Waals surface area contributed by atoms with E-state index >= 15 is 0 Å². The van der Waals surface area contributed by atoms with E-state index in [2.05, 4.69) is 31.5 Å². The van der Waals surface area contributed by atoms with Crippen LogP contribution >= 0.6 is 0 Å². The molecule has 3 fully saturated rings. The van der Waals surface area contributed by atoms with Gasteiger partial charge in [-0.25, -0.2) is 0 Å². The van der Waals surface area contributed by atoms with E-state index < -0.39 is 0 Å². The van der Waals surface area contributed by atoms with Gasteiger partial charge < -0.3 is 9.47 Å². The molecule has 2 aliphatic heterocycles. The van der Waals surface area contributed by atoms with Crippen LogP contribution in [0.5, 0.6) is 0 Å². The third-order valence-electron chi connectivity index (χ3n) is 6.47. The van der Waals surface area contributed by atoms with Crippen molar-refractivity contribution in [3.63, 3.8) is 0 Å². The topological polar surface area (TPSA) is 37.2 Å². The van der Waals surface area contributed by atoms with E-state index in [4.69, 9.17) is 0 Å². The van der Waals surface area contributed by atoms with Gasteiger partial charge in [0.2, 0.25) is 0 Å². The maximum atomic E-state index is 4.64. The molecule has 4 rings (SSSR count). The van der Waals surface area contributed by atoms with Gasteiger partial charge in [-0.2, -0.15) is 0 Å². The Bertz CT molecular complexity index is 520. The third-order valence-corrected chi connectivity index (χ3v) is 6.47. The summed E-state index contributed by atoms with van der Waals surface area (Å²) < 4.78 is 2.41. The van der Waals surface area contributed by atoms with E-state index in [-0.39, 0.29) is 0 Å². The van der Waals surface area contributed by atoms with Crippen LogP contribution in [0.4, 0.5) is 0 Å². The van der Waals surface area contributed by atoms with Gasteiger partial charge in [0.25, 0.3) is 0 Å². The Morgan fingerprint density at radius 3 is 2.25 bits per heavy atom. The fraction of sp³-hybridized carbons (Fsp3) is 0.895. The van der Waals surface area contributed by atoms with Crippen LogP contribution in [0.2, 0.25) is 0 Å². The molecule has 134 valence electrons. The Morgan fingerprint density at radius 1 is 0.875 bits per heavy atom. The molecular formula is C19H33N5. The lowest BCUT2D eigenvalue weighted by molar-refractivity contribution is 0.151. The number of aromatic nitrogens is 3. The molecule has 0 radical (unpaired) electrons. The first-order valence-corrected chi connectivity index (χ1v) is 10.2. The van der Waals surface area contributed by atoms with Gasteiger partial charge in [0.05, 0.1) is 6.54 Å². The number of rotatable bonds is 5. The smallest absolute Gasteiger partial charge is 0.147 e. The van der Waals surface area contributed by atoms with Crippen molar-refractivity contribution in [3.05, 3.63) is 11.6 Å². The largest absolute Gasteiger partial charge is 0.314 e. The summed E-state index contributed by atoms with van der Waals surface area (Å²) in [5, 5.41) is 9.22. The van der Waals surface area contributed by atoms with Crippen molar-refractivity contribution in [2.75, 3.05) is 26.2 Å². The summed E-state index contributed by atoms with van der Waals surface area (Å²) in [4.78, 5) is 5.28.